The van der Waals surface area contributed by atoms with Crippen LogP contribution in [0.2, 0.25) is 0 Å². The fourth-order valence-electron chi connectivity index (χ4n) is 4.66. The van der Waals surface area contributed by atoms with Crippen molar-refractivity contribution in [2.45, 2.75) is 39.5 Å². The van der Waals surface area contributed by atoms with E-state index in [0.29, 0.717) is 11.8 Å². The Morgan fingerprint density at radius 1 is 0.455 bits per heavy atom. The molecule has 0 bridgehead atoms. The van der Waals surface area contributed by atoms with Gasteiger partial charge in [-0.3, -0.25) is 0 Å². The molecule has 0 heterocycles. The van der Waals surface area contributed by atoms with Crippen molar-refractivity contribution in [1.29, 1.82) is 0 Å². The first-order valence-corrected chi connectivity index (χ1v) is 8.64. The van der Waals surface area contributed by atoms with Gasteiger partial charge in [-0.25, -0.2) is 0 Å². The van der Waals surface area contributed by atoms with Crippen LogP contribution >= 0.6 is 0 Å². The summed E-state index contributed by atoms with van der Waals surface area (Å²) in [6.45, 7) is 9.28. The fourth-order valence-corrected chi connectivity index (χ4v) is 4.66. The van der Waals surface area contributed by atoms with Crippen LogP contribution in [-0.2, 0) is 0 Å². The summed E-state index contributed by atoms with van der Waals surface area (Å²) in [4.78, 5) is 0. The average Bonchev–Trinajstić information content (AvgIpc) is 2.39. The summed E-state index contributed by atoms with van der Waals surface area (Å²) in [6, 6.07) is 0. The van der Waals surface area contributed by atoms with Crippen molar-refractivity contribution in [1.82, 2.24) is 0 Å². The molecule has 0 saturated carbocycles. The molecule has 0 unspecified atom stereocenters. The van der Waals surface area contributed by atoms with Crippen molar-refractivity contribution < 1.29 is 0 Å². The molecule has 0 N–H and O–H groups in total. The van der Waals surface area contributed by atoms with E-state index in [4.69, 9.17) is 0 Å². The minimum absolute atomic E-state index is 0.576. The molecule has 0 fully saturated rings. The van der Waals surface area contributed by atoms with Crippen LogP contribution < -0.4 is 32.8 Å². The lowest BCUT2D eigenvalue weighted by Crippen LogP contribution is -2.46. The van der Waals surface area contributed by atoms with Crippen LogP contribution in [0.25, 0.3) is 10.8 Å². The summed E-state index contributed by atoms with van der Waals surface area (Å²) in [5, 5.41) is 3.01. The lowest BCUT2D eigenvalue weighted by molar-refractivity contribution is 0.879. The molecule has 0 saturated heterocycles. The summed E-state index contributed by atoms with van der Waals surface area (Å²) in [5.41, 5.74) is 12.0. The molecule has 2 rings (SSSR count). The first-order valence-electron chi connectivity index (χ1n) is 8.64. The molecule has 6 heteroatoms. The molecule has 108 valence electrons. The van der Waals surface area contributed by atoms with E-state index in [1.54, 1.807) is 11.1 Å². The third kappa shape index (κ3) is 2.39. The highest BCUT2D eigenvalue weighted by Crippen LogP contribution is 2.16. The second-order valence-electron chi connectivity index (χ2n) is 7.64. The molecule has 0 atom stereocenters. The van der Waals surface area contributed by atoms with E-state index < -0.39 is 0 Å². The number of fused-ring (bicyclic) bond motifs is 1. The molecule has 22 heavy (non-hydrogen) atoms. The summed E-state index contributed by atoms with van der Waals surface area (Å²) >= 11 is 0. The van der Waals surface area contributed by atoms with Gasteiger partial charge in [-0.15, -0.1) is 0 Å². The van der Waals surface area contributed by atoms with E-state index in [0.717, 1.165) is 0 Å². The van der Waals surface area contributed by atoms with Gasteiger partial charge in [-0.2, -0.15) is 0 Å². The molecule has 0 aliphatic rings. The summed E-state index contributed by atoms with van der Waals surface area (Å²) in [7, 11) is 13.9. The van der Waals surface area contributed by atoms with Gasteiger partial charge >= 0.3 is 0 Å². The molecule has 0 amide bonds. The zero-order valence-electron chi connectivity index (χ0n) is 16.2. The van der Waals surface area contributed by atoms with E-state index >= 15 is 0 Å². The topological polar surface area (TPSA) is 0 Å². The second kappa shape index (κ2) is 5.95. The van der Waals surface area contributed by atoms with Gasteiger partial charge in [0, 0.05) is 0 Å². The van der Waals surface area contributed by atoms with Gasteiger partial charge in [0.25, 0.3) is 0 Å². The Hall–Kier alpha value is -0.910. The Balaban J connectivity index is 3.16. The first kappa shape index (κ1) is 17.4. The third-order valence-electron chi connectivity index (χ3n) is 5.65. The van der Waals surface area contributed by atoms with Crippen LogP contribution in [0.4, 0.5) is 0 Å². The average molecular weight is 283 g/mol. The van der Waals surface area contributed by atoms with Crippen molar-refractivity contribution in [3.05, 3.63) is 11.1 Å². The van der Waals surface area contributed by atoms with Crippen LogP contribution in [0.1, 0.15) is 50.7 Å². The molecule has 0 aliphatic heterocycles. The largest absolute Gasteiger partial charge is 0.140 e. The van der Waals surface area contributed by atoms with Crippen molar-refractivity contribution in [2.75, 3.05) is 0 Å². The van der Waals surface area contributed by atoms with E-state index in [-0.39, 0.29) is 0 Å². The molecular weight excluding hydrogens is 257 g/mol. The second-order valence-corrected chi connectivity index (χ2v) is 7.64. The number of rotatable bonds is 2. The maximum atomic E-state index is 2.33. The Labute approximate surface area is 141 Å². The number of benzene rings is 2. The quantitative estimate of drug-likeness (QED) is 0.483. The Bertz CT molecular complexity index is 701. The summed E-state index contributed by atoms with van der Waals surface area (Å²) in [6.07, 6.45) is 0. The number of hydrogen-bond acceptors (Lipinski definition) is 0. The summed E-state index contributed by atoms with van der Waals surface area (Å²) < 4.78 is 0. The van der Waals surface area contributed by atoms with Crippen molar-refractivity contribution in [2.24, 2.45) is 0 Å². The molecule has 0 radical (unpaired) electrons. The molecule has 0 aromatic heterocycles. The van der Waals surface area contributed by atoms with Gasteiger partial charge < -0.3 is 0 Å². The number of hydrogen-bond donors (Lipinski definition) is 0. The molecular formula is C16H26B6. The van der Waals surface area contributed by atoms with Crippen molar-refractivity contribution >= 4 is 90.6 Å². The van der Waals surface area contributed by atoms with Crippen molar-refractivity contribution in [3.63, 3.8) is 0 Å². The minimum atomic E-state index is 0.576. The zero-order chi connectivity index (χ0) is 16.9. The Morgan fingerprint density at radius 3 is 1.00 bits per heavy atom. The van der Waals surface area contributed by atoms with Gasteiger partial charge in [-0.1, -0.05) is 71.6 Å². The van der Waals surface area contributed by atoms with E-state index in [1.807, 2.05) is 0 Å². The zero-order valence-corrected chi connectivity index (χ0v) is 16.2. The molecule has 0 aliphatic carbocycles. The SMILES string of the molecule is Bc1c(C(C)C)c(B)c2c(B)c(C(C)C)c(B)c(B)c2c1B. The van der Waals surface area contributed by atoms with E-state index in [2.05, 4.69) is 74.8 Å². The Morgan fingerprint density at radius 2 is 0.727 bits per heavy atom. The predicted molar refractivity (Wildman–Crippen MR) is 121 cm³/mol. The van der Waals surface area contributed by atoms with Crippen LogP contribution in [0.5, 0.6) is 0 Å². The van der Waals surface area contributed by atoms with Gasteiger partial charge in [0.15, 0.2) is 0 Å². The minimum Gasteiger partial charge on any atom is -0.0917 e. The highest BCUT2D eigenvalue weighted by atomic mass is 14.2. The normalized spacial score (nSPS) is 11.7. The van der Waals surface area contributed by atoms with Gasteiger partial charge in [0.2, 0.25) is 0 Å². The van der Waals surface area contributed by atoms with E-state index in [1.165, 1.54) is 43.5 Å². The maximum Gasteiger partial charge on any atom is 0.140 e. The Kier molecular flexibility index (Phi) is 4.71. The monoisotopic (exact) mass is 284 g/mol. The standard InChI is InChI=1S/C16H26B6/c1-5(2)7-11(17)9-10(15(21)13(7)19)16(22)14(20)8(6(3)4)12(9)18/h5-6H,17-22H2,1-4H3. The van der Waals surface area contributed by atoms with Crippen LogP contribution in [-0.4, -0.2) is 47.1 Å². The van der Waals surface area contributed by atoms with Crippen molar-refractivity contribution in [3.8, 4) is 0 Å². The highest BCUT2D eigenvalue weighted by Gasteiger charge is 2.20. The van der Waals surface area contributed by atoms with Crippen LogP contribution in [0.3, 0.4) is 0 Å². The molecule has 0 spiro atoms. The fraction of sp³-hybridized carbons (Fsp3) is 0.375. The van der Waals surface area contributed by atoms with Gasteiger partial charge in [0.1, 0.15) is 47.1 Å². The maximum absolute atomic E-state index is 2.33. The van der Waals surface area contributed by atoms with Gasteiger partial charge in [0.05, 0.1) is 0 Å². The van der Waals surface area contributed by atoms with Crippen LogP contribution in [0, 0.1) is 0 Å². The van der Waals surface area contributed by atoms with Crippen LogP contribution in [0.15, 0.2) is 0 Å². The van der Waals surface area contributed by atoms with Gasteiger partial charge in [-0.05, 0) is 22.6 Å². The third-order valence-corrected chi connectivity index (χ3v) is 5.65. The molecule has 2 aromatic rings. The predicted octanol–water partition coefficient (Wildman–Crippen LogP) is -5.36. The first-order chi connectivity index (χ1) is 10.1. The lowest BCUT2D eigenvalue weighted by atomic mass is 9.59. The molecule has 0 nitrogen and oxygen atoms in total. The summed E-state index contributed by atoms with van der Waals surface area (Å²) in [5.74, 6) is 1.15. The smallest absolute Gasteiger partial charge is 0.0917 e. The van der Waals surface area contributed by atoms with E-state index in [9.17, 15) is 0 Å². The molecule has 2 aromatic carbocycles. The lowest BCUT2D eigenvalue weighted by Gasteiger charge is -2.27. The highest BCUT2D eigenvalue weighted by molar-refractivity contribution is 6.66.